The first-order valence-corrected chi connectivity index (χ1v) is 8.42. The minimum absolute atomic E-state index is 0.0918. The Balaban J connectivity index is 1.96. The van der Waals surface area contributed by atoms with Crippen molar-refractivity contribution in [2.45, 2.75) is 38.3 Å². The number of aliphatic hydroxyl groups excluding tert-OH is 1. The van der Waals surface area contributed by atoms with Gasteiger partial charge in [0.25, 0.3) is 0 Å². The zero-order valence-corrected chi connectivity index (χ0v) is 14.1. The zero-order chi connectivity index (χ0) is 17.2. The van der Waals surface area contributed by atoms with Crippen LogP contribution < -0.4 is 0 Å². The van der Waals surface area contributed by atoms with Gasteiger partial charge in [0.1, 0.15) is 0 Å². The number of benzene rings is 2. The Kier molecular flexibility index (Phi) is 7.57. The molecule has 0 aromatic heterocycles. The van der Waals surface area contributed by atoms with Crippen LogP contribution in [0.15, 0.2) is 65.7 Å². The molecule has 24 heavy (non-hydrogen) atoms. The van der Waals surface area contributed by atoms with Crippen molar-refractivity contribution in [3.05, 3.63) is 71.8 Å². The predicted octanol–water partition coefficient (Wildman–Crippen LogP) is 3.31. The molecule has 124 valence electrons. The molecule has 2 aromatic rings. The third kappa shape index (κ3) is 6.21. The number of rotatable bonds is 9. The Morgan fingerprint density at radius 2 is 1.54 bits per heavy atom. The Hall–Kier alpha value is -2.07. The van der Waals surface area contributed by atoms with Crippen molar-refractivity contribution in [3.8, 4) is 0 Å². The molecule has 0 aliphatic heterocycles. The SMILES string of the molecule is C[C@@H](Cc1ccccc1)[C@@H](O)C[C@H](Cc1ccccc1)N=CB=O. The number of hydrogen-bond acceptors (Lipinski definition) is 3. The van der Waals surface area contributed by atoms with E-state index in [0.29, 0.717) is 13.6 Å². The van der Waals surface area contributed by atoms with E-state index in [1.54, 1.807) is 0 Å². The zero-order valence-electron chi connectivity index (χ0n) is 14.1. The molecule has 0 radical (unpaired) electrons. The first kappa shape index (κ1) is 18.3. The molecule has 0 fully saturated rings. The topological polar surface area (TPSA) is 49.7 Å². The number of nitrogens with zero attached hydrogens (tertiary/aromatic N) is 1. The van der Waals surface area contributed by atoms with Crippen LogP contribution in [0.5, 0.6) is 0 Å². The molecule has 3 atom stereocenters. The average Bonchev–Trinajstić information content (AvgIpc) is 2.61. The molecule has 3 nitrogen and oxygen atoms in total. The molecule has 2 aromatic carbocycles. The van der Waals surface area contributed by atoms with E-state index >= 15 is 0 Å². The summed E-state index contributed by atoms with van der Waals surface area (Å²) < 4.78 is 10.6. The first-order valence-electron chi connectivity index (χ1n) is 8.42. The molecule has 0 aliphatic rings. The van der Waals surface area contributed by atoms with Crippen LogP contribution in [0.2, 0.25) is 0 Å². The van der Waals surface area contributed by atoms with E-state index in [1.165, 1.54) is 11.7 Å². The summed E-state index contributed by atoms with van der Waals surface area (Å²) in [5.41, 5.74) is 2.38. The number of aliphatic imine (C=N–C) groups is 1. The fourth-order valence-corrected chi connectivity index (χ4v) is 2.87. The normalized spacial score (nSPS) is 14.9. The van der Waals surface area contributed by atoms with Crippen LogP contribution in [0.3, 0.4) is 0 Å². The van der Waals surface area contributed by atoms with Crippen LogP contribution in [0, 0.1) is 5.92 Å². The molecule has 1 N–H and O–H groups in total. The summed E-state index contributed by atoms with van der Waals surface area (Å²) in [6.07, 6.45) is 2.94. The molecule has 0 aliphatic carbocycles. The second-order valence-corrected chi connectivity index (χ2v) is 6.25. The van der Waals surface area contributed by atoms with E-state index in [1.807, 2.05) is 48.5 Å². The summed E-state index contributed by atoms with van der Waals surface area (Å²) in [5.74, 6) is 0.136. The van der Waals surface area contributed by atoms with E-state index in [9.17, 15) is 9.81 Å². The van der Waals surface area contributed by atoms with Gasteiger partial charge < -0.3 is 0 Å². The fraction of sp³-hybridized carbons (Fsp3) is 0.350. The molecular weight excluding hydrogens is 297 g/mol. The van der Waals surface area contributed by atoms with Gasteiger partial charge >= 0.3 is 144 Å². The summed E-state index contributed by atoms with van der Waals surface area (Å²) in [6, 6.07) is 20.1. The maximum atomic E-state index is 10.6. The Bertz CT molecular complexity index is 631. The van der Waals surface area contributed by atoms with E-state index in [2.05, 4.69) is 24.0 Å². The van der Waals surface area contributed by atoms with Crippen molar-refractivity contribution in [3.63, 3.8) is 0 Å². The van der Waals surface area contributed by atoms with E-state index < -0.39 is 6.10 Å². The number of aliphatic hydroxyl groups is 1. The third-order valence-corrected chi connectivity index (χ3v) is 4.24. The van der Waals surface area contributed by atoms with Gasteiger partial charge in [-0.05, 0) is 0 Å². The molecule has 2 rings (SSSR count). The average molecular weight is 321 g/mol. The second-order valence-electron chi connectivity index (χ2n) is 6.25. The monoisotopic (exact) mass is 321 g/mol. The van der Waals surface area contributed by atoms with Gasteiger partial charge in [0, 0.05) is 0 Å². The van der Waals surface area contributed by atoms with Crippen molar-refractivity contribution < 1.29 is 9.81 Å². The molecule has 0 saturated carbocycles. The first-order chi connectivity index (χ1) is 11.7. The van der Waals surface area contributed by atoms with Gasteiger partial charge in [0.05, 0.1) is 0 Å². The van der Waals surface area contributed by atoms with Gasteiger partial charge in [0.2, 0.25) is 0 Å². The van der Waals surface area contributed by atoms with Gasteiger partial charge in [-0.1, -0.05) is 0 Å². The van der Waals surface area contributed by atoms with Gasteiger partial charge in [0.15, 0.2) is 0 Å². The van der Waals surface area contributed by atoms with Crippen molar-refractivity contribution in [2.24, 2.45) is 10.9 Å². The van der Waals surface area contributed by atoms with Crippen LogP contribution in [0.1, 0.15) is 24.5 Å². The third-order valence-electron chi connectivity index (χ3n) is 4.24. The van der Waals surface area contributed by atoms with Crippen molar-refractivity contribution in [2.75, 3.05) is 0 Å². The molecule has 4 heteroatoms. The van der Waals surface area contributed by atoms with Gasteiger partial charge in [-0.2, -0.15) is 0 Å². The molecule has 0 bridgehead atoms. The fourth-order valence-electron chi connectivity index (χ4n) is 2.87. The maximum absolute atomic E-state index is 10.6. The Labute approximate surface area is 144 Å². The molecule has 0 amide bonds. The predicted molar refractivity (Wildman–Crippen MR) is 98.8 cm³/mol. The molecule has 0 heterocycles. The van der Waals surface area contributed by atoms with Crippen LogP contribution in [0.25, 0.3) is 0 Å². The van der Waals surface area contributed by atoms with E-state index in [4.69, 9.17) is 0 Å². The summed E-state index contributed by atoms with van der Waals surface area (Å²) in [6.45, 7) is 2.06. The van der Waals surface area contributed by atoms with E-state index in [-0.39, 0.29) is 12.0 Å². The van der Waals surface area contributed by atoms with Crippen molar-refractivity contribution in [1.82, 2.24) is 0 Å². The van der Waals surface area contributed by atoms with Crippen LogP contribution >= 0.6 is 0 Å². The number of hydrogen-bond donors (Lipinski definition) is 1. The second kappa shape index (κ2) is 9.94. The minimum atomic E-state index is -0.456. The Morgan fingerprint density at radius 3 is 2.08 bits per heavy atom. The quantitative estimate of drug-likeness (QED) is 0.569. The van der Waals surface area contributed by atoms with Crippen molar-refractivity contribution in [1.29, 1.82) is 0 Å². The summed E-state index contributed by atoms with van der Waals surface area (Å²) >= 11 is 0. The molecule has 0 unspecified atom stereocenters. The summed E-state index contributed by atoms with van der Waals surface area (Å²) in [7, 11) is 0.692. The van der Waals surface area contributed by atoms with Gasteiger partial charge in [-0.25, -0.2) is 0 Å². The van der Waals surface area contributed by atoms with Gasteiger partial charge in [-0.3, -0.25) is 0 Å². The Morgan fingerprint density at radius 1 is 1.00 bits per heavy atom. The molecule has 0 spiro atoms. The van der Waals surface area contributed by atoms with Crippen LogP contribution in [0.4, 0.5) is 0 Å². The summed E-state index contributed by atoms with van der Waals surface area (Å²) in [5, 5.41) is 10.6. The van der Waals surface area contributed by atoms with E-state index in [0.717, 1.165) is 18.4 Å². The summed E-state index contributed by atoms with van der Waals surface area (Å²) in [4.78, 5) is 4.31. The molecule has 0 saturated heterocycles. The van der Waals surface area contributed by atoms with Crippen molar-refractivity contribution >= 4 is 13.3 Å². The van der Waals surface area contributed by atoms with Crippen LogP contribution in [-0.2, 0) is 17.5 Å². The van der Waals surface area contributed by atoms with Crippen LogP contribution in [-0.4, -0.2) is 30.5 Å². The van der Waals surface area contributed by atoms with Gasteiger partial charge in [-0.15, -0.1) is 0 Å². The standard InChI is InChI=1S/C20H24BNO2/c1-16(12-17-8-4-2-5-9-17)20(23)14-19(22-15-21-24)13-18-10-6-3-7-11-18/h2-11,15-16,19-20,23H,12-14H2,1H3/t16-,19-,20-/m0/s1. The molecular formula is C20H24BNO2.